The summed E-state index contributed by atoms with van der Waals surface area (Å²) in [6.45, 7) is 6.90. The van der Waals surface area contributed by atoms with Crippen molar-refractivity contribution in [1.82, 2.24) is 24.6 Å². The van der Waals surface area contributed by atoms with Gasteiger partial charge < -0.3 is 4.57 Å². The lowest BCUT2D eigenvalue weighted by Gasteiger charge is -2.32. The van der Waals surface area contributed by atoms with Gasteiger partial charge in [0, 0.05) is 44.2 Å². The summed E-state index contributed by atoms with van der Waals surface area (Å²) in [5.74, 6) is 2.42. The van der Waals surface area contributed by atoms with Crippen LogP contribution in [0.25, 0.3) is 0 Å². The molecule has 122 valence electrons. The molecule has 2 aromatic heterocycles. The second kappa shape index (κ2) is 7.75. The van der Waals surface area contributed by atoms with E-state index in [2.05, 4.69) is 44.3 Å². The van der Waals surface area contributed by atoms with E-state index >= 15 is 0 Å². The number of hydrogen-bond donors (Lipinski definition) is 0. The van der Waals surface area contributed by atoms with Crippen LogP contribution >= 0.6 is 11.8 Å². The smallest absolute Gasteiger partial charge is 0.191 e. The summed E-state index contributed by atoms with van der Waals surface area (Å²) in [5, 5.41) is 9.77. The van der Waals surface area contributed by atoms with Crippen molar-refractivity contribution in [3.05, 3.63) is 48.6 Å². The average Bonchev–Trinajstić information content (AvgIpc) is 2.95. The number of pyridine rings is 1. The second-order valence-electron chi connectivity index (χ2n) is 5.94. The molecule has 5 nitrogen and oxygen atoms in total. The third-order valence-electron chi connectivity index (χ3n) is 4.20. The fourth-order valence-corrected chi connectivity index (χ4v) is 3.75. The van der Waals surface area contributed by atoms with Crippen LogP contribution in [-0.2, 0) is 13.6 Å². The predicted octanol–water partition coefficient (Wildman–Crippen LogP) is 2.87. The zero-order valence-electron chi connectivity index (χ0n) is 13.6. The van der Waals surface area contributed by atoms with E-state index in [1.54, 1.807) is 11.8 Å². The fraction of sp³-hybridized carbons (Fsp3) is 0.471. The van der Waals surface area contributed by atoms with Gasteiger partial charge in [0.05, 0.1) is 0 Å². The molecule has 2 aromatic rings. The van der Waals surface area contributed by atoms with Gasteiger partial charge in [0.25, 0.3) is 0 Å². The lowest BCUT2D eigenvalue weighted by Crippen LogP contribution is -2.34. The minimum atomic E-state index is 0.455. The van der Waals surface area contributed by atoms with E-state index in [-0.39, 0.29) is 0 Å². The van der Waals surface area contributed by atoms with Gasteiger partial charge in [-0.15, -0.1) is 16.8 Å². The normalized spacial score (nSPS) is 18.9. The monoisotopic (exact) mass is 329 g/mol. The minimum Gasteiger partial charge on any atom is -0.309 e. The molecule has 0 N–H and O–H groups in total. The molecule has 0 aromatic carbocycles. The summed E-state index contributed by atoms with van der Waals surface area (Å²) < 4.78 is 2.15. The van der Waals surface area contributed by atoms with E-state index in [1.165, 1.54) is 18.4 Å². The van der Waals surface area contributed by atoms with Crippen molar-refractivity contribution >= 4 is 11.8 Å². The number of nitrogens with zero attached hydrogens (tertiary/aromatic N) is 5. The van der Waals surface area contributed by atoms with Gasteiger partial charge in [0.2, 0.25) is 0 Å². The van der Waals surface area contributed by atoms with Crippen LogP contribution in [0.3, 0.4) is 0 Å². The molecule has 0 saturated carbocycles. The van der Waals surface area contributed by atoms with Crippen LogP contribution in [0.5, 0.6) is 0 Å². The summed E-state index contributed by atoms with van der Waals surface area (Å²) in [4.78, 5) is 6.71. The van der Waals surface area contributed by atoms with Crippen LogP contribution < -0.4 is 0 Å². The molecule has 6 heteroatoms. The molecule has 0 unspecified atom stereocenters. The Morgan fingerprint density at radius 1 is 1.43 bits per heavy atom. The highest BCUT2D eigenvalue weighted by molar-refractivity contribution is 7.99. The molecule has 0 spiro atoms. The summed E-state index contributed by atoms with van der Waals surface area (Å²) >= 11 is 1.68. The van der Waals surface area contributed by atoms with Crippen molar-refractivity contribution in [3.63, 3.8) is 0 Å². The summed E-state index contributed by atoms with van der Waals surface area (Å²) in [6, 6.07) is 4.14. The minimum absolute atomic E-state index is 0.455. The quantitative estimate of drug-likeness (QED) is 0.602. The van der Waals surface area contributed by atoms with E-state index in [1.807, 2.05) is 24.5 Å². The van der Waals surface area contributed by atoms with Crippen LogP contribution in [-0.4, -0.2) is 43.5 Å². The van der Waals surface area contributed by atoms with E-state index in [0.717, 1.165) is 36.4 Å². The number of hydrogen-bond acceptors (Lipinski definition) is 5. The van der Waals surface area contributed by atoms with E-state index < -0.39 is 0 Å². The first-order valence-corrected chi connectivity index (χ1v) is 9.00. The van der Waals surface area contributed by atoms with Crippen LogP contribution in [0.2, 0.25) is 0 Å². The number of thioether (sulfide) groups is 1. The van der Waals surface area contributed by atoms with Gasteiger partial charge in [-0.2, -0.15) is 0 Å². The maximum Gasteiger partial charge on any atom is 0.191 e. The average molecular weight is 329 g/mol. The zero-order chi connectivity index (χ0) is 16.1. The Hall–Kier alpha value is -1.66. The van der Waals surface area contributed by atoms with Gasteiger partial charge in [0.15, 0.2) is 5.16 Å². The van der Waals surface area contributed by atoms with Crippen molar-refractivity contribution < 1.29 is 0 Å². The number of likely N-dealkylation sites (tertiary alicyclic amines) is 1. The number of aromatic nitrogens is 4. The molecule has 0 bridgehead atoms. The molecular weight excluding hydrogens is 306 g/mol. The summed E-state index contributed by atoms with van der Waals surface area (Å²) in [7, 11) is 2.07. The first kappa shape index (κ1) is 16.2. The van der Waals surface area contributed by atoms with Crippen molar-refractivity contribution in [3.8, 4) is 0 Å². The Morgan fingerprint density at radius 3 is 3.13 bits per heavy atom. The van der Waals surface area contributed by atoms with Gasteiger partial charge >= 0.3 is 0 Å². The topological polar surface area (TPSA) is 46.8 Å². The van der Waals surface area contributed by atoms with Crippen molar-refractivity contribution in [2.75, 3.05) is 18.8 Å². The van der Waals surface area contributed by atoms with Gasteiger partial charge in [-0.05, 0) is 31.0 Å². The zero-order valence-corrected chi connectivity index (χ0v) is 14.4. The summed E-state index contributed by atoms with van der Waals surface area (Å²) in [5.41, 5.74) is 1.27. The molecule has 23 heavy (non-hydrogen) atoms. The summed E-state index contributed by atoms with van der Waals surface area (Å²) in [6.07, 6.45) is 8.06. The molecular formula is C17H23N5S. The third-order valence-corrected chi connectivity index (χ3v) is 5.21. The van der Waals surface area contributed by atoms with E-state index in [0.29, 0.717) is 5.92 Å². The molecule has 3 heterocycles. The lowest BCUT2D eigenvalue weighted by molar-refractivity contribution is 0.194. The van der Waals surface area contributed by atoms with Gasteiger partial charge in [-0.1, -0.05) is 23.9 Å². The van der Waals surface area contributed by atoms with Gasteiger partial charge in [-0.25, -0.2) is 0 Å². The number of piperidine rings is 1. The van der Waals surface area contributed by atoms with Gasteiger partial charge in [0.1, 0.15) is 5.82 Å². The number of rotatable bonds is 6. The maximum absolute atomic E-state index is 4.45. The maximum atomic E-state index is 4.45. The van der Waals surface area contributed by atoms with E-state index in [4.69, 9.17) is 0 Å². The van der Waals surface area contributed by atoms with Crippen LogP contribution in [0.15, 0.2) is 42.3 Å². The van der Waals surface area contributed by atoms with E-state index in [9.17, 15) is 0 Å². The molecule has 0 radical (unpaired) electrons. The molecule has 1 aliphatic rings. The van der Waals surface area contributed by atoms with Crippen molar-refractivity contribution in [2.24, 2.45) is 7.05 Å². The van der Waals surface area contributed by atoms with Gasteiger partial charge in [-0.3, -0.25) is 9.88 Å². The Kier molecular flexibility index (Phi) is 5.46. The highest BCUT2D eigenvalue weighted by atomic mass is 32.2. The van der Waals surface area contributed by atoms with Crippen molar-refractivity contribution in [2.45, 2.75) is 30.5 Å². The lowest BCUT2D eigenvalue weighted by atomic mass is 9.97. The Morgan fingerprint density at radius 2 is 2.35 bits per heavy atom. The second-order valence-corrected chi connectivity index (χ2v) is 6.92. The SMILES string of the molecule is C=CCSc1nnc([C@@H]2CCCN(Cc3cccnc3)C2)n1C. The molecule has 0 aliphatic carbocycles. The fourth-order valence-electron chi connectivity index (χ4n) is 3.10. The molecule has 1 fully saturated rings. The third kappa shape index (κ3) is 4.00. The highest BCUT2D eigenvalue weighted by Gasteiger charge is 2.26. The molecule has 0 amide bonds. The molecule has 1 aliphatic heterocycles. The Labute approximate surface area is 141 Å². The Bertz CT molecular complexity index is 640. The molecule has 1 saturated heterocycles. The molecule has 1 atom stereocenters. The standard InChI is InChI=1S/C17H23N5S/c1-3-10-23-17-20-19-16(21(17)2)15-7-5-9-22(13-15)12-14-6-4-8-18-11-14/h3-4,6,8,11,15H,1,5,7,9-10,12-13H2,2H3/t15-/m1/s1. The van der Waals surface area contributed by atoms with Crippen LogP contribution in [0.1, 0.15) is 30.1 Å². The van der Waals surface area contributed by atoms with Crippen LogP contribution in [0.4, 0.5) is 0 Å². The van der Waals surface area contributed by atoms with Crippen molar-refractivity contribution in [1.29, 1.82) is 0 Å². The predicted molar refractivity (Wildman–Crippen MR) is 93.4 cm³/mol. The first-order chi connectivity index (χ1) is 11.3. The van der Waals surface area contributed by atoms with Crippen LogP contribution in [0, 0.1) is 0 Å². The Balaban J connectivity index is 1.66. The highest BCUT2D eigenvalue weighted by Crippen LogP contribution is 2.28. The first-order valence-electron chi connectivity index (χ1n) is 8.02. The molecule has 3 rings (SSSR count). The largest absolute Gasteiger partial charge is 0.309 e.